The van der Waals surface area contributed by atoms with Crippen molar-refractivity contribution in [3.05, 3.63) is 11.6 Å². The third-order valence-electron chi connectivity index (χ3n) is 5.66. The van der Waals surface area contributed by atoms with E-state index in [-0.39, 0.29) is 11.1 Å². The lowest BCUT2D eigenvalue weighted by Crippen LogP contribution is -2.40. The highest BCUT2D eigenvalue weighted by molar-refractivity contribution is 7.89. The molecule has 0 unspecified atom stereocenters. The molecule has 3 rings (SSSR count). The average molecular weight is 467 g/mol. The van der Waals surface area contributed by atoms with Gasteiger partial charge in [0.1, 0.15) is 0 Å². The first-order chi connectivity index (χ1) is 15.2. The number of sulfonamides is 1. The van der Waals surface area contributed by atoms with Crippen molar-refractivity contribution < 1.29 is 12.8 Å². The SMILES string of the molecule is CCNc1nc(NCC)nc(NCC2CCC(N(C)S(=O)(=O)c3oc(C)nc3C)CC2)n1. The molecular weight excluding hydrogens is 432 g/mol. The third kappa shape index (κ3) is 5.66. The summed E-state index contributed by atoms with van der Waals surface area (Å²) >= 11 is 0. The van der Waals surface area contributed by atoms with E-state index in [4.69, 9.17) is 4.42 Å². The highest BCUT2D eigenvalue weighted by atomic mass is 32.2. The van der Waals surface area contributed by atoms with Gasteiger partial charge in [0.25, 0.3) is 15.1 Å². The first-order valence-corrected chi connectivity index (χ1v) is 12.6. The molecule has 178 valence electrons. The molecule has 3 N–H and O–H groups in total. The van der Waals surface area contributed by atoms with Gasteiger partial charge in [0.2, 0.25) is 17.8 Å². The second-order valence-corrected chi connectivity index (χ2v) is 9.95. The molecule has 32 heavy (non-hydrogen) atoms. The predicted molar refractivity (Wildman–Crippen MR) is 123 cm³/mol. The fourth-order valence-electron chi connectivity index (χ4n) is 3.96. The Bertz CT molecular complexity index is 978. The minimum Gasteiger partial charge on any atom is -0.428 e. The highest BCUT2D eigenvalue weighted by Gasteiger charge is 2.35. The molecule has 1 saturated carbocycles. The third-order valence-corrected chi connectivity index (χ3v) is 7.56. The molecule has 0 radical (unpaired) electrons. The molecule has 1 aliphatic rings. The Labute approximate surface area is 189 Å². The minimum atomic E-state index is -3.69. The average Bonchev–Trinajstić information content (AvgIpc) is 3.11. The van der Waals surface area contributed by atoms with Gasteiger partial charge in [-0.25, -0.2) is 13.4 Å². The Morgan fingerprint density at radius 3 is 1.91 bits per heavy atom. The van der Waals surface area contributed by atoms with Crippen molar-refractivity contribution in [2.45, 2.75) is 64.5 Å². The molecule has 2 aromatic rings. The Morgan fingerprint density at radius 1 is 0.906 bits per heavy atom. The van der Waals surface area contributed by atoms with Crippen LogP contribution in [-0.2, 0) is 10.0 Å². The lowest BCUT2D eigenvalue weighted by atomic mass is 9.86. The van der Waals surface area contributed by atoms with E-state index in [1.165, 1.54) is 4.31 Å². The van der Waals surface area contributed by atoms with Gasteiger partial charge >= 0.3 is 0 Å². The van der Waals surface area contributed by atoms with Crippen LogP contribution in [0.1, 0.15) is 51.1 Å². The van der Waals surface area contributed by atoms with E-state index in [1.807, 2.05) is 13.8 Å². The summed E-state index contributed by atoms with van der Waals surface area (Å²) in [6, 6.07) is -0.0565. The van der Waals surface area contributed by atoms with Crippen LogP contribution in [0.25, 0.3) is 0 Å². The van der Waals surface area contributed by atoms with E-state index in [0.717, 1.165) is 45.3 Å². The van der Waals surface area contributed by atoms with E-state index in [1.54, 1.807) is 20.9 Å². The predicted octanol–water partition coefficient (Wildman–Crippen LogP) is 2.63. The lowest BCUT2D eigenvalue weighted by Gasteiger charge is -2.33. The van der Waals surface area contributed by atoms with Crippen molar-refractivity contribution in [2.24, 2.45) is 5.92 Å². The molecular formula is C20H34N8O3S. The van der Waals surface area contributed by atoms with Crippen LogP contribution in [0.15, 0.2) is 9.51 Å². The van der Waals surface area contributed by atoms with Gasteiger partial charge in [-0.2, -0.15) is 19.3 Å². The summed E-state index contributed by atoms with van der Waals surface area (Å²) in [7, 11) is -2.06. The fraction of sp³-hybridized carbons (Fsp3) is 0.700. The Morgan fingerprint density at radius 2 is 1.44 bits per heavy atom. The van der Waals surface area contributed by atoms with Crippen LogP contribution in [0.5, 0.6) is 0 Å². The van der Waals surface area contributed by atoms with Crippen LogP contribution >= 0.6 is 0 Å². The summed E-state index contributed by atoms with van der Waals surface area (Å²) in [5, 5.41) is 9.51. The van der Waals surface area contributed by atoms with Gasteiger partial charge in [-0.05, 0) is 52.4 Å². The van der Waals surface area contributed by atoms with E-state index in [9.17, 15) is 8.42 Å². The van der Waals surface area contributed by atoms with Crippen LogP contribution in [0.3, 0.4) is 0 Å². The maximum Gasteiger partial charge on any atom is 0.278 e. The van der Waals surface area contributed by atoms with Crippen molar-refractivity contribution in [3.8, 4) is 0 Å². The Kier molecular flexibility index (Phi) is 7.88. The van der Waals surface area contributed by atoms with Crippen molar-refractivity contribution in [1.29, 1.82) is 0 Å². The van der Waals surface area contributed by atoms with Crippen molar-refractivity contribution >= 4 is 27.9 Å². The summed E-state index contributed by atoms with van der Waals surface area (Å²) in [4.78, 5) is 17.3. The van der Waals surface area contributed by atoms with Crippen LogP contribution in [-0.4, -0.2) is 65.4 Å². The molecule has 1 aliphatic carbocycles. The van der Waals surface area contributed by atoms with Crippen molar-refractivity contribution in [2.75, 3.05) is 42.6 Å². The monoisotopic (exact) mass is 466 g/mol. The number of nitrogens with one attached hydrogen (secondary N) is 3. The van der Waals surface area contributed by atoms with Gasteiger partial charge < -0.3 is 20.4 Å². The number of hydrogen-bond donors (Lipinski definition) is 3. The largest absolute Gasteiger partial charge is 0.428 e. The van der Waals surface area contributed by atoms with Gasteiger partial charge in [0, 0.05) is 39.6 Å². The van der Waals surface area contributed by atoms with Gasteiger partial charge in [-0.1, -0.05) is 0 Å². The maximum absolute atomic E-state index is 13.0. The summed E-state index contributed by atoms with van der Waals surface area (Å²) in [6.45, 7) is 9.47. The number of oxazole rings is 1. The molecule has 0 bridgehead atoms. The first-order valence-electron chi connectivity index (χ1n) is 11.1. The number of nitrogens with zero attached hydrogens (tertiary/aromatic N) is 5. The Hall–Kier alpha value is -2.47. The van der Waals surface area contributed by atoms with Crippen LogP contribution in [0.4, 0.5) is 17.8 Å². The van der Waals surface area contributed by atoms with E-state index >= 15 is 0 Å². The van der Waals surface area contributed by atoms with Crippen LogP contribution in [0.2, 0.25) is 0 Å². The molecule has 2 heterocycles. The fourth-order valence-corrected chi connectivity index (χ4v) is 5.47. The molecule has 0 saturated heterocycles. The molecule has 0 atom stereocenters. The normalized spacial score (nSPS) is 19.2. The molecule has 12 heteroatoms. The zero-order valence-corrected chi connectivity index (χ0v) is 20.3. The maximum atomic E-state index is 13.0. The van der Waals surface area contributed by atoms with Gasteiger partial charge in [0.15, 0.2) is 5.89 Å². The first kappa shape index (κ1) is 24.2. The van der Waals surface area contributed by atoms with Gasteiger partial charge in [-0.15, -0.1) is 0 Å². The Balaban J connectivity index is 1.56. The second kappa shape index (κ2) is 10.4. The molecule has 0 amide bonds. The van der Waals surface area contributed by atoms with Crippen LogP contribution < -0.4 is 16.0 Å². The molecule has 2 aromatic heterocycles. The summed E-state index contributed by atoms with van der Waals surface area (Å²) in [5.41, 5.74) is 0.401. The van der Waals surface area contributed by atoms with Crippen molar-refractivity contribution in [1.82, 2.24) is 24.2 Å². The number of aryl methyl sites for hydroxylation is 2. The molecule has 0 aromatic carbocycles. The van der Waals surface area contributed by atoms with E-state index in [2.05, 4.69) is 35.9 Å². The zero-order chi connectivity index (χ0) is 23.3. The summed E-state index contributed by atoms with van der Waals surface area (Å²) in [5.74, 6) is 2.38. The van der Waals surface area contributed by atoms with Crippen molar-refractivity contribution in [3.63, 3.8) is 0 Å². The summed E-state index contributed by atoms with van der Waals surface area (Å²) in [6.07, 6.45) is 3.40. The molecule has 0 spiro atoms. The van der Waals surface area contributed by atoms with E-state index < -0.39 is 10.0 Å². The molecule has 11 nitrogen and oxygen atoms in total. The highest BCUT2D eigenvalue weighted by Crippen LogP contribution is 2.31. The van der Waals surface area contributed by atoms with Gasteiger partial charge in [-0.3, -0.25) is 0 Å². The topological polar surface area (TPSA) is 138 Å². The van der Waals surface area contributed by atoms with E-state index in [0.29, 0.717) is 35.3 Å². The van der Waals surface area contributed by atoms with Crippen LogP contribution in [0, 0.1) is 19.8 Å². The number of aromatic nitrogens is 4. The summed E-state index contributed by atoms with van der Waals surface area (Å²) < 4.78 is 32.8. The minimum absolute atomic E-state index is 0.0517. The smallest absolute Gasteiger partial charge is 0.278 e. The zero-order valence-electron chi connectivity index (χ0n) is 19.5. The number of hydrogen-bond acceptors (Lipinski definition) is 10. The standard InChI is InChI=1S/C20H34N8O3S/c1-6-21-18-25-19(22-7-2)27-20(26-18)23-12-15-8-10-16(11-9-15)28(5)32(29,30)17-13(3)24-14(4)31-17/h15-16H,6-12H2,1-5H3,(H3,21,22,23,25,26,27). The second-order valence-electron chi connectivity index (χ2n) is 8.05. The van der Waals surface area contributed by atoms with Gasteiger partial charge in [0.05, 0.1) is 5.69 Å². The molecule has 1 fully saturated rings. The molecule has 0 aliphatic heterocycles. The lowest BCUT2D eigenvalue weighted by molar-refractivity contribution is 0.238. The number of rotatable bonds is 10. The number of anilines is 3. The quantitative estimate of drug-likeness (QED) is 0.479.